The number of fused-ring (bicyclic) bond motifs is 1. The fraction of sp³-hybridized carbons (Fsp3) is 0.0833. The number of halogens is 1. The van der Waals surface area contributed by atoms with Gasteiger partial charge in [-0.3, -0.25) is 4.79 Å². The molecule has 0 bridgehead atoms. The summed E-state index contributed by atoms with van der Waals surface area (Å²) in [6.45, 7) is 0. The summed E-state index contributed by atoms with van der Waals surface area (Å²) in [5.41, 5.74) is 0.542. The van der Waals surface area contributed by atoms with Crippen LogP contribution in [-0.2, 0) is 0 Å². The van der Waals surface area contributed by atoms with Crippen molar-refractivity contribution >= 4 is 27.6 Å². The van der Waals surface area contributed by atoms with Crippen LogP contribution in [-0.4, -0.2) is 5.24 Å². The van der Waals surface area contributed by atoms with Crippen LogP contribution in [0, 0.1) is 0 Å². The first-order valence-electron chi connectivity index (χ1n) is 3.96. The minimum atomic E-state index is -0.411. The van der Waals surface area contributed by atoms with Gasteiger partial charge < -0.3 is 0 Å². The lowest BCUT2D eigenvalue weighted by atomic mass is 10.1. The van der Waals surface area contributed by atoms with Gasteiger partial charge in [0.2, 0.25) is 0 Å². The number of hydrogen-bond acceptors (Lipinski definition) is 1. The Balaban J connectivity index is 0.000000980. The highest BCUT2D eigenvalue weighted by atomic mass is 35.5. The van der Waals surface area contributed by atoms with E-state index in [2.05, 4.69) is 0 Å². The summed E-state index contributed by atoms with van der Waals surface area (Å²) < 4.78 is 0. The first kappa shape index (κ1) is 10.7. The predicted octanol–water partition coefficient (Wildman–Crippen LogP) is 3.85. The van der Waals surface area contributed by atoms with Crippen LogP contribution in [0.1, 0.15) is 17.8 Å². The largest absolute Gasteiger partial charge is 0.276 e. The van der Waals surface area contributed by atoms with Crippen molar-refractivity contribution in [3.63, 3.8) is 0 Å². The van der Waals surface area contributed by atoms with Gasteiger partial charge in [0, 0.05) is 5.56 Å². The van der Waals surface area contributed by atoms with E-state index in [0.29, 0.717) is 5.56 Å². The quantitative estimate of drug-likeness (QED) is 0.648. The van der Waals surface area contributed by atoms with Gasteiger partial charge in [0.1, 0.15) is 0 Å². The summed E-state index contributed by atoms with van der Waals surface area (Å²) in [4.78, 5) is 10.9. The third kappa shape index (κ3) is 1.94. The van der Waals surface area contributed by atoms with Crippen molar-refractivity contribution in [1.82, 2.24) is 0 Å². The Kier molecular flexibility index (Phi) is 3.26. The fourth-order valence-electron chi connectivity index (χ4n) is 1.31. The van der Waals surface area contributed by atoms with E-state index in [1.54, 1.807) is 12.1 Å². The van der Waals surface area contributed by atoms with Crippen molar-refractivity contribution in [3.8, 4) is 0 Å². The van der Waals surface area contributed by atoms with Crippen LogP contribution in [0.5, 0.6) is 0 Å². The molecule has 0 atom stereocenters. The van der Waals surface area contributed by atoms with Gasteiger partial charge in [0.25, 0.3) is 5.24 Å². The van der Waals surface area contributed by atoms with Crippen molar-refractivity contribution in [2.75, 3.05) is 0 Å². The molecule has 0 heterocycles. The van der Waals surface area contributed by atoms with E-state index in [9.17, 15) is 4.79 Å². The molecule has 14 heavy (non-hydrogen) atoms. The zero-order chi connectivity index (χ0) is 9.26. The molecule has 2 aromatic rings. The standard InChI is InChI=1S/C11H7ClO.CH4/c12-11(13)10-6-5-8-3-1-2-4-9(8)7-10;/h1-7H;1H4. The second-order valence-corrected chi connectivity index (χ2v) is 3.18. The molecule has 0 amide bonds. The lowest BCUT2D eigenvalue weighted by molar-refractivity contribution is 0.108. The zero-order valence-corrected chi connectivity index (χ0v) is 7.58. The average molecular weight is 207 g/mol. The SMILES string of the molecule is C.O=C(Cl)c1ccc2ccccc2c1. The van der Waals surface area contributed by atoms with Crippen LogP contribution in [0.25, 0.3) is 10.8 Å². The number of carbonyl (C=O) groups excluding carboxylic acids is 1. The van der Waals surface area contributed by atoms with Gasteiger partial charge in [-0.05, 0) is 34.5 Å². The van der Waals surface area contributed by atoms with Gasteiger partial charge in [-0.25, -0.2) is 0 Å². The van der Waals surface area contributed by atoms with E-state index in [1.807, 2.05) is 30.3 Å². The number of carbonyl (C=O) groups is 1. The Hall–Kier alpha value is -1.34. The van der Waals surface area contributed by atoms with Gasteiger partial charge in [-0.2, -0.15) is 0 Å². The third-order valence-corrected chi connectivity index (χ3v) is 2.19. The maximum atomic E-state index is 10.9. The van der Waals surface area contributed by atoms with Crippen LogP contribution in [0.3, 0.4) is 0 Å². The van der Waals surface area contributed by atoms with Crippen LogP contribution in [0.4, 0.5) is 0 Å². The Labute approximate surface area is 88.3 Å². The molecular weight excluding hydrogens is 196 g/mol. The second kappa shape index (κ2) is 4.25. The first-order chi connectivity index (χ1) is 6.27. The van der Waals surface area contributed by atoms with Crippen molar-refractivity contribution in [2.24, 2.45) is 0 Å². The smallest absolute Gasteiger partial charge is 0.252 e. The molecule has 0 spiro atoms. The maximum Gasteiger partial charge on any atom is 0.252 e. The molecular formula is C12H11ClO. The number of rotatable bonds is 1. The zero-order valence-electron chi connectivity index (χ0n) is 6.83. The highest BCUT2D eigenvalue weighted by Crippen LogP contribution is 2.16. The van der Waals surface area contributed by atoms with E-state index in [0.717, 1.165) is 10.8 Å². The molecule has 0 aliphatic heterocycles. The minimum absolute atomic E-state index is 0. The summed E-state index contributed by atoms with van der Waals surface area (Å²) in [7, 11) is 0. The molecule has 0 aromatic heterocycles. The second-order valence-electron chi connectivity index (χ2n) is 2.84. The minimum Gasteiger partial charge on any atom is -0.276 e. The summed E-state index contributed by atoms with van der Waals surface area (Å²) in [5, 5.41) is 1.74. The van der Waals surface area contributed by atoms with E-state index >= 15 is 0 Å². The van der Waals surface area contributed by atoms with Crippen molar-refractivity contribution in [2.45, 2.75) is 7.43 Å². The van der Waals surface area contributed by atoms with Gasteiger partial charge >= 0.3 is 0 Å². The first-order valence-corrected chi connectivity index (χ1v) is 4.34. The van der Waals surface area contributed by atoms with Crippen molar-refractivity contribution in [1.29, 1.82) is 0 Å². The molecule has 0 saturated heterocycles. The van der Waals surface area contributed by atoms with E-state index in [1.165, 1.54) is 0 Å². The van der Waals surface area contributed by atoms with Crippen LogP contribution >= 0.6 is 11.6 Å². The molecule has 0 saturated carbocycles. The van der Waals surface area contributed by atoms with Gasteiger partial charge in [-0.1, -0.05) is 37.8 Å². The molecule has 72 valence electrons. The van der Waals surface area contributed by atoms with E-state index < -0.39 is 5.24 Å². The predicted molar refractivity (Wildman–Crippen MR) is 60.9 cm³/mol. The molecule has 0 aliphatic carbocycles. The van der Waals surface area contributed by atoms with E-state index in [4.69, 9.17) is 11.6 Å². The molecule has 1 nitrogen and oxygen atoms in total. The van der Waals surface area contributed by atoms with Crippen LogP contribution in [0.2, 0.25) is 0 Å². The Bertz CT molecular complexity index is 463. The molecule has 0 fully saturated rings. The Morgan fingerprint density at radius 3 is 2.29 bits per heavy atom. The highest BCUT2D eigenvalue weighted by Gasteiger charge is 2.01. The Morgan fingerprint density at radius 1 is 1.00 bits per heavy atom. The number of benzene rings is 2. The Morgan fingerprint density at radius 2 is 1.64 bits per heavy atom. The lowest BCUT2D eigenvalue weighted by Crippen LogP contribution is -1.87. The molecule has 0 N–H and O–H groups in total. The third-order valence-electron chi connectivity index (χ3n) is 1.98. The highest BCUT2D eigenvalue weighted by molar-refractivity contribution is 6.67. The summed E-state index contributed by atoms with van der Waals surface area (Å²) >= 11 is 5.36. The van der Waals surface area contributed by atoms with E-state index in [-0.39, 0.29) is 7.43 Å². The molecule has 2 aromatic carbocycles. The lowest BCUT2D eigenvalue weighted by Gasteiger charge is -1.98. The summed E-state index contributed by atoms with van der Waals surface area (Å²) in [6.07, 6.45) is 0. The van der Waals surface area contributed by atoms with Crippen LogP contribution in [0.15, 0.2) is 42.5 Å². The topological polar surface area (TPSA) is 17.1 Å². The van der Waals surface area contributed by atoms with Crippen LogP contribution < -0.4 is 0 Å². The normalized spacial score (nSPS) is 9.50. The summed E-state index contributed by atoms with van der Waals surface area (Å²) in [6, 6.07) is 13.3. The average Bonchev–Trinajstić information content (AvgIpc) is 2.17. The monoisotopic (exact) mass is 206 g/mol. The molecule has 2 rings (SSSR count). The fourth-order valence-corrected chi connectivity index (χ4v) is 1.43. The van der Waals surface area contributed by atoms with Crippen molar-refractivity contribution < 1.29 is 4.79 Å². The van der Waals surface area contributed by atoms with Gasteiger partial charge in [-0.15, -0.1) is 0 Å². The number of hydrogen-bond donors (Lipinski definition) is 0. The molecule has 0 radical (unpaired) electrons. The maximum absolute atomic E-state index is 10.9. The van der Waals surface area contributed by atoms with Gasteiger partial charge in [0.05, 0.1) is 0 Å². The van der Waals surface area contributed by atoms with Crippen molar-refractivity contribution in [3.05, 3.63) is 48.0 Å². The van der Waals surface area contributed by atoms with Gasteiger partial charge in [0.15, 0.2) is 0 Å². The molecule has 0 unspecified atom stereocenters. The molecule has 2 heteroatoms. The summed E-state index contributed by atoms with van der Waals surface area (Å²) in [5.74, 6) is 0. The molecule has 0 aliphatic rings.